The minimum atomic E-state index is -4.54. The molecule has 2 rings (SSSR count). The molecular formula is C31H48F3N7O5. The Morgan fingerprint density at radius 2 is 1.80 bits per heavy atom. The number of methoxy groups -OCH3 is 1. The van der Waals surface area contributed by atoms with Crippen LogP contribution in [0.5, 0.6) is 5.75 Å². The maximum Gasteiger partial charge on any atom is 0.407 e. The first-order valence-electron chi connectivity index (χ1n) is 15.2. The molecule has 0 fully saturated rings. The standard InChI is InChI=1S/C31H48F3N7O5/c1-7-8-23(11-14-42)39-27-24(20(2)38-28(35)40-27)16-22-10-9-21(15-25(22)45-6)17-41(19-31(32,33)34)18-26(43)36-12-13-37-29(44)46-30(3,4)5/h9-10,15,23,42H,7-8,11-14,16-19H2,1-6H3,(H,36,43)(H,37,44)(H3,35,38,39,40)/t23-/m0/s1. The lowest BCUT2D eigenvalue weighted by atomic mass is 10.0. The lowest BCUT2D eigenvalue weighted by Crippen LogP contribution is -2.43. The van der Waals surface area contributed by atoms with E-state index in [-0.39, 0.29) is 38.2 Å². The molecular weight excluding hydrogens is 607 g/mol. The number of halogens is 3. The number of nitrogen functional groups attached to an aromatic ring is 1. The van der Waals surface area contributed by atoms with Crippen molar-refractivity contribution >= 4 is 23.8 Å². The van der Waals surface area contributed by atoms with E-state index in [2.05, 4.69) is 25.9 Å². The Kier molecular flexibility index (Phi) is 14.8. The number of ether oxygens (including phenoxy) is 2. The highest BCUT2D eigenvalue weighted by atomic mass is 19.4. The number of nitrogens with zero attached hydrogens (tertiary/aromatic N) is 3. The Morgan fingerprint density at radius 3 is 2.41 bits per heavy atom. The fourth-order valence-electron chi connectivity index (χ4n) is 4.78. The summed E-state index contributed by atoms with van der Waals surface area (Å²) in [7, 11) is 1.47. The van der Waals surface area contributed by atoms with Crippen molar-refractivity contribution in [1.82, 2.24) is 25.5 Å². The number of aryl methyl sites for hydroxylation is 1. The van der Waals surface area contributed by atoms with Gasteiger partial charge in [-0.05, 0) is 57.7 Å². The van der Waals surface area contributed by atoms with Gasteiger partial charge in [-0.2, -0.15) is 18.2 Å². The van der Waals surface area contributed by atoms with E-state index in [9.17, 15) is 27.9 Å². The zero-order valence-corrected chi connectivity index (χ0v) is 27.5. The lowest BCUT2D eigenvalue weighted by Gasteiger charge is -2.24. The number of carbonyl (C=O) groups excluding carboxylic acids is 2. The molecule has 6 N–H and O–H groups in total. The summed E-state index contributed by atoms with van der Waals surface area (Å²) in [6.07, 6.45) is -2.60. The number of rotatable bonds is 17. The summed E-state index contributed by atoms with van der Waals surface area (Å²) in [6.45, 7) is 7.09. The van der Waals surface area contributed by atoms with E-state index in [1.54, 1.807) is 39.0 Å². The maximum absolute atomic E-state index is 13.4. The molecule has 46 heavy (non-hydrogen) atoms. The lowest BCUT2D eigenvalue weighted by molar-refractivity contribution is -0.150. The minimum absolute atomic E-state index is 0.0140. The van der Waals surface area contributed by atoms with Gasteiger partial charge in [-0.3, -0.25) is 9.69 Å². The van der Waals surface area contributed by atoms with Gasteiger partial charge in [0, 0.05) is 50.0 Å². The number of hydrogen-bond donors (Lipinski definition) is 5. The topological polar surface area (TPSA) is 164 Å². The van der Waals surface area contributed by atoms with Gasteiger partial charge in [0.2, 0.25) is 11.9 Å². The Balaban J connectivity index is 2.17. The van der Waals surface area contributed by atoms with Crippen molar-refractivity contribution < 1.29 is 37.3 Å². The van der Waals surface area contributed by atoms with E-state index in [0.717, 1.165) is 28.9 Å². The number of aromatic nitrogens is 2. The summed E-state index contributed by atoms with van der Waals surface area (Å²) in [5.41, 5.74) is 7.95. The molecule has 0 radical (unpaired) electrons. The molecule has 1 aromatic heterocycles. The Hall–Kier alpha value is -3.85. The number of aliphatic hydroxyl groups is 1. The van der Waals surface area contributed by atoms with Crippen molar-refractivity contribution in [2.45, 2.75) is 84.7 Å². The highest BCUT2D eigenvalue weighted by Crippen LogP contribution is 2.29. The smallest absolute Gasteiger partial charge is 0.407 e. The highest BCUT2D eigenvalue weighted by Gasteiger charge is 2.31. The van der Waals surface area contributed by atoms with Gasteiger partial charge >= 0.3 is 12.3 Å². The Bertz CT molecular complexity index is 1280. The first kappa shape index (κ1) is 38.3. The van der Waals surface area contributed by atoms with Crippen LogP contribution in [0.25, 0.3) is 0 Å². The first-order valence-corrected chi connectivity index (χ1v) is 15.2. The molecule has 0 unspecified atom stereocenters. The second kappa shape index (κ2) is 17.7. The molecule has 2 aromatic rings. The van der Waals surface area contributed by atoms with Crippen LogP contribution < -0.4 is 26.4 Å². The number of anilines is 2. The summed E-state index contributed by atoms with van der Waals surface area (Å²) in [5.74, 6) is 0.482. The number of amides is 2. The second-order valence-corrected chi connectivity index (χ2v) is 12.0. The maximum atomic E-state index is 13.4. The Morgan fingerprint density at radius 1 is 1.11 bits per heavy atom. The van der Waals surface area contributed by atoms with Gasteiger partial charge in [0.1, 0.15) is 17.2 Å². The van der Waals surface area contributed by atoms with Gasteiger partial charge < -0.3 is 36.3 Å². The van der Waals surface area contributed by atoms with Crippen molar-refractivity contribution in [3.05, 3.63) is 40.6 Å². The van der Waals surface area contributed by atoms with Crippen molar-refractivity contribution in [2.75, 3.05) is 50.9 Å². The molecule has 0 spiro atoms. The average Bonchev–Trinajstić information content (AvgIpc) is 2.92. The summed E-state index contributed by atoms with van der Waals surface area (Å²) in [4.78, 5) is 34.0. The van der Waals surface area contributed by atoms with Crippen molar-refractivity contribution in [2.24, 2.45) is 0 Å². The zero-order chi connectivity index (χ0) is 34.5. The molecule has 0 aliphatic rings. The van der Waals surface area contributed by atoms with Crippen LogP contribution in [0.1, 0.15) is 69.3 Å². The van der Waals surface area contributed by atoms with E-state index in [1.807, 2.05) is 13.8 Å². The van der Waals surface area contributed by atoms with E-state index in [4.69, 9.17) is 15.2 Å². The second-order valence-electron chi connectivity index (χ2n) is 12.0. The van der Waals surface area contributed by atoms with Crippen LogP contribution in [0.3, 0.4) is 0 Å². The third-order valence-electron chi connectivity index (χ3n) is 6.70. The molecule has 1 aromatic carbocycles. The normalized spacial score (nSPS) is 12.5. The van der Waals surface area contributed by atoms with E-state index in [0.29, 0.717) is 35.7 Å². The van der Waals surface area contributed by atoms with E-state index < -0.39 is 36.9 Å². The third-order valence-corrected chi connectivity index (χ3v) is 6.70. The third kappa shape index (κ3) is 14.1. The average molecular weight is 656 g/mol. The molecule has 0 saturated carbocycles. The first-order chi connectivity index (χ1) is 21.5. The van der Waals surface area contributed by atoms with Crippen LogP contribution in [0.15, 0.2) is 18.2 Å². The van der Waals surface area contributed by atoms with Gasteiger partial charge in [-0.15, -0.1) is 0 Å². The summed E-state index contributed by atoms with van der Waals surface area (Å²) in [6, 6.07) is 5.08. The molecule has 1 atom stereocenters. The predicted octanol–water partition coefficient (Wildman–Crippen LogP) is 3.93. The quantitative estimate of drug-likeness (QED) is 0.158. The van der Waals surface area contributed by atoms with E-state index >= 15 is 0 Å². The molecule has 258 valence electrons. The van der Waals surface area contributed by atoms with E-state index in [1.165, 1.54) is 7.11 Å². The van der Waals surface area contributed by atoms with Gasteiger partial charge in [-0.1, -0.05) is 25.5 Å². The summed E-state index contributed by atoms with van der Waals surface area (Å²) >= 11 is 0. The largest absolute Gasteiger partial charge is 0.496 e. The molecule has 12 nitrogen and oxygen atoms in total. The van der Waals surface area contributed by atoms with Gasteiger partial charge in [0.25, 0.3) is 0 Å². The number of alkyl halides is 3. The van der Waals surface area contributed by atoms with Crippen LogP contribution in [0.4, 0.5) is 29.7 Å². The van der Waals surface area contributed by atoms with Crippen molar-refractivity contribution in [3.63, 3.8) is 0 Å². The number of hydrogen-bond acceptors (Lipinski definition) is 10. The van der Waals surface area contributed by atoms with Crippen LogP contribution in [0.2, 0.25) is 0 Å². The fraction of sp³-hybridized carbons (Fsp3) is 0.613. The van der Waals surface area contributed by atoms with Crippen molar-refractivity contribution in [3.8, 4) is 5.75 Å². The fourth-order valence-corrected chi connectivity index (χ4v) is 4.78. The van der Waals surface area contributed by atoms with Crippen LogP contribution in [-0.4, -0.2) is 89.7 Å². The van der Waals surface area contributed by atoms with Gasteiger partial charge in [0.15, 0.2) is 0 Å². The minimum Gasteiger partial charge on any atom is -0.496 e. The molecule has 0 aliphatic heterocycles. The number of aliphatic hydroxyl groups excluding tert-OH is 1. The zero-order valence-electron chi connectivity index (χ0n) is 27.5. The SMILES string of the molecule is CCC[C@@H](CCO)Nc1nc(N)nc(C)c1Cc1ccc(CN(CC(=O)NCCNC(=O)OC(C)(C)C)CC(F)(F)F)cc1OC. The van der Waals surface area contributed by atoms with Crippen molar-refractivity contribution in [1.29, 1.82) is 0 Å². The molecule has 0 saturated heterocycles. The predicted molar refractivity (Wildman–Crippen MR) is 170 cm³/mol. The molecule has 1 heterocycles. The Labute approximate surface area is 268 Å². The molecule has 15 heteroatoms. The van der Waals surface area contributed by atoms with Gasteiger partial charge in [0.05, 0.1) is 20.2 Å². The number of carbonyl (C=O) groups is 2. The monoisotopic (exact) mass is 655 g/mol. The number of nitrogens with one attached hydrogen (secondary N) is 3. The molecule has 2 amide bonds. The number of alkyl carbamates (subject to hydrolysis) is 1. The summed E-state index contributed by atoms with van der Waals surface area (Å²) < 4.78 is 51.0. The molecule has 0 bridgehead atoms. The highest BCUT2D eigenvalue weighted by molar-refractivity contribution is 5.78. The van der Waals surface area contributed by atoms with Crippen LogP contribution in [0, 0.1) is 6.92 Å². The number of nitrogens with two attached hydrogens (primary N) is 1. The van der Waals surface area contributed by atoms with Crippen LogP contribution >= 0.6 is 0 Å². The van der Waals surface area contributed by atoms with Crippen LogP contribution in [-0.2, 0) is 22.5 Å². The summed E-state index contributed by atoms with van der Waals surface area (Å²) in [5, 5.41) is 17.9. The van der Waals surface area contributed by atoms with Gasteiger partial charge in [-0.25, -0.2) is 9.78 Å². The molecule has 0 aliphatic carbocycles. The number of benzene rings is 1.